The van der Waals surface area contributed by atoms with Crippen LogP contribution in [0.1, 0.15) is 16.9 Å². The Kier molecular flexibility index (Phi) is 3.90. The average Bonchev–Trinajstić information content (AvgIpc) is 2.75. The Balaban J connectivity index is 2.13. The summed E-state index contributed by atoms with van der Waals surface area (Å²) in [7, 11) is 1.80. The molecule has 0 bridgehead atoms. The van der Waals surface area contributed by atoms with Crippen molar-refractivity contribution in [2.24, 2.45) is 7.05 Å². The molecule has 7 heteroatoms. The zero-order chi connectivity index (χ0) is 13.1. The number of hydrogen-bond acceptors (Lipinski definition) is 4. The van der Waals surface area contributed by atoms with Crippen molar-refractivity contribution in [1.82, 2.24) is 14.5 Å². The number of imidazole rings is 1. The van der Waals surface area contributed by atoms with Gasteiger partial charge in [0.05, 0.1) is 18.8 Å². The number of hydrogen-bond donors (Lipinski definition) is 1. The first-order valence-corrected chi connectivity index (χ1v) is 6.82. The van der Waals surface area contributed by atoms with E-state index in [0.717, 1.165) is 5.75 Å². The van der Waals surface area contributed by atoms with Crippen LogP contribution in [0.5, 0.6) is 0 Å². The molecule has 1 saturated heterocycles. The summed E-state index contributed by atoms with van der Waals surface area (Å²) in [6, 6.07) is -0.240. The zero-order valence-corrected chi connectivity index (χ0v) is 10.9. The molecule has 1 aliphatic heterocycles. The average molecular weight is 269 g/mol. The fourth-order valence-electron chi connectivity index (χ4n) is 1.96. The molecule has 1 aliphatic rings. The SMILES string of the molecule is Cn1cnc(C(=O)N2CCSCC2CC(=O)O)c1. The first-order valence-electron chi connectivity index (χ1n) is 5.66. The van der Waals surface area contributed by atoms with E-state index in [2.05, 4.69) is 4.98 Å². The van der Waals surface area contributed by atoms with E-state index < -0.39 is 5.97 Å². The normalized spacial score (nSPS) is 19.8. The molecule has 1 amide bonds. The number of rotatable bonds is 3. The highest BCUT2D eigenvalue weighted by Gasteiger charge is 2.30. The van der Waals surface area contributed by atoms with Crippen molar-refractivity contribution < 1.29 is 14.7 Å². The van der Waals surface area contributed by atoms with Crippen molar-refractivity contribution in [2.45, 2.75) is 12.5 Å². The summed E-state index contributed by atoms with van der Waals surface area (Å²) in [5, 5.41) is 8.87. The van der Waals surface area contributed by atoms with Gasteiger partial charge in [0, 0.05) is 31.3 Å². The second-order valence-corrected chi connectivity index (χ2v) is 5.40. The number of nitrogens with zero attached hydrogens (tertiary/aromatic N) is 3. The van der Waals surface area contributed by atoms with Gasteiger partial charge in [-0.25, -0.2) is 4.98 Å². The van der Waals surface area contributed by atoms with Gasteiger partial charge in [0.15, 0.2) is 0 Å². The lowest BCUT2D eigenvalue weighted by Gasteiger charge is -2.34. The Bertz CT molecular complexity index is 460. The molecule has 1 atom stereocenters. The molecule has 0 saturated carbocycles. The minimum Gasteiger partial charge on any atom is -0.481 e. The van der Waals surface area contributed by atoms with E-state index >= 15 is 0 Å². The topological polar surface area (TPSA) is 75.4 Å². The molecule has 0 aromatic carbocycles. The minimum atomic E-state index is -0.874. The van der Waals surface area contributed by atoms with Gasteiger partial charge in [-0.2, -0.15) is 11.8 Å². The van der Waals surface area contributed by atoms with Crippen LogP contribution in [-0.2, 0) is 11.8 Å². The molecule has 1 aromatic heterocycles. The van der Waals surface area contributed by atoms with Gasteiger partial charge in [0.1, 0.15) is 5.69 Å². The molecule has 1 N–H and O–H groups in total. The summed E-state index contributed by atoms with van der Waals surface area (Å²) >= 11 is 1.68. The van der Waals surface area contributed by atoms with Gasteiger partial charge in [-0.1, -0.05) is 0 Å². The van der Waals surface area contributed by atoms with Gasteiger partial charge in [0.25, 0.3) is 5.91 Å². The molecular formula is C11H15N3O3S. The molecule has 98 valence electrons. The molecular weight excluding hydrogens is 254 g/mol. The smallest absolute Gasteiger partial charge is 0.305 e. The number of thioether (sulfide) groups is 1. The Labute approximate surface area is 109 Å². The van der Waals surface area contributed by atoms with Crippen LogP contribution in [0, 0.1) is 0 Å². The molecule has 18 heavy (non-hydrogen) atoms. The fraction of sp³-hybridized carbons (Fsp3) is 0.545. The van der Waals surface area contributed by atoms with Crippen LogP contribution in [0.15, 0.2) is 12.5 Å². The number of aliphatic carboxylic acids is 1. The number of aromatic nitrogens is 2. The highest BCUT2D eigenvalue weighted by atomic mass is 32.2. The number of amides is 1. The van der Waals surface area contributed by atoms with Crippen molar-refractivity contribution in [2.75, 3.05) is 18.1 Å². The highest BCUT2D eigenvalue weighted by molar-refractivity contribution is 7.99. The second kappa shape index (κ2) is 5.43. The van der Waals surface area contributed by atoms with Gasteiger partial charge in [-0.05, 0) is 0 Å². The summed E-state index contributed by atoms with van der Waals surface area (Å²) in [6.07, 6.45) is 3.21. The van der Waals surface area contributed by atoms with Gasteiger partial charge < -0.3 is 14.6 Å². The van der Waals surface area contributed by atoms with E-state index in [9.17, 15) is 9.59 Å². The first kappa shape index (κ1) is 12.9. The second-order valence-electron chi connectivity index (χ2n) is 4.25. The van der Waals surface area contributed by atoms with Crippen molar-refractivity contribution in [3.63, 3.8) is 0 Å². The third-order valence-electron chi connectivity index (χ3n) is 2.82. The van der Waals surface area contributed by atoms with E-state index in [1.165, 1.54) is 0 Å². The van der Waals surface area contributed by atoms with E-state index in [-0.39, 0.29) is 18.4 Å². The molecule has 1 aromatic rings. The Morgan fingerprint density at radius 2 is 2.39 bits per heavy atom. The van der Waals surface area contributed by atoms with E-state index in [4.69, 9.17) is 5.11 Å². The number of carbonyl (C=O) groups is 2. The summed E-state index contributed by atoms with van der Waals surface area (Å²) < 4.78 is 1.71. The first-order chi connectivity index (χ1) is 8.58. The molecule has 0 spiro atoms. The third-order valence-corrected chi connectivity index (χ3v) is 3.91. The van der Waals surface area contributed by atoms with Crippen molar-refractivity contribution in [3.05, 3.63) is 18.2 Å². The number of carboxylic acid groups (broad SMARTS) is 1. The lowest BCUT2D eigenvalue weighted by molar-refractivity contribution is -0.138. The van der Waals surface area contributed by atoms with E-state index in [1.54, 1.807) is 40.8 Å². The quantitative estimate of drug-likeness (QED) is 0.862. The highest BCUT2D eigenvalue weighted by Crippen LogP contribution is 2.20. The predicted octanol–water partition coefficient (Wildman–Crippen LogP) is 0.452. The molecule has 1 fully saturated rings. The van der Waals surface area contributed by atoms with Gasteiger partial charge in [0.2, 0.25) is 0 Å². The van der Waals surface area contributed by atoms with Crippen LogP contribution in [0.25, 0.3) is 0 Å². The van der Waals surface area contributed by atoms with Crippen LogP contribution < -0.4 is 0 Å². The van der Waals surface area contributed by atoms with Crippen LogP contribution in [0.2, 0.25) is 0 Å². The maximum atomic E-state index is 12.3. The Hall–Kier alpha value is -1.50. The number of aryl methyl sites for hydroxylation is 1. The molecule has 2 heterocycles. The summed E-state index contributed by atoms with van der Waals surface area (Å²) in [4.78, 5) is 28.7. The van der Waals surface area contributed by atoms with Crippen molar-refractivity contribution in [3.8, 4) is 0 Å². The standard InChI is InChI=1S/C11H15N3O3S/c1-13-5-9(12-7-13)11(17)14-2-3-18-6-8(14)4-10(15)16/h5,7-8H,2-4,6H2,1H3,(H,15,16). The third kappa shape index (κ3) is 2.84. The van der Waals surface area contributed by atoms with Crippen LogP contribution in [0.4, 0.5) is 0 Å². The maximum absolute atomic E-state index is 12.3. The zero-order valence-electron chi connectivity index (χ0n) is 10.1. The summed E-state index contributed by atoms with van der Waals surface area (Å²) in [6.45, 7) is 0.581. The molecule has 0 aliphatic carbocycles. The summed E-state index contributed by atoms with van der Waals surface area (Å²) in [5.41, 5.74) is 0.375. The summed E-state index contributed by atoms with van der Waals surface area (Å²) in [5.74, 6) is 0.461. The fourth-order valence-corrected chi connectivity index (χ4v) is 3.03. The van der Waals surface area contributed by atoms with Crippen molar-refractivity contribution in [1.29, 1.82) is 0 Å². The minimum absolute atomic E-state index is 0.00836. The van der Waals surface area contributed by atoms with Crippen molar-refractivity contribution >= 4 is 23.6 Å². The molecule has 1 unspecified atom stereocenters. The van der Waals surface area contributed by atoms with Gasteiger partial charge in [-0.15, -0.1) is 0 Å². The number of carboxylic acids is 1. The lowest BCUT2D eigenvalue weighted by Crippen LogP contribution is -2.47. The lowest BCUT2D eigenvalue weighted by atomic mass is 10.2. The Morgan fingerprint density at radius 1 is 1.61 bits per heavy atom. The van der Waals surface area contributed by atoms with Gasteiger partial charge >= 0.3 is 5.97 Å². The maximum Gasteiger partial charge on any atom is 0.305 e. The van der Waals surface area contributed by atoms with Crippen LogP contribution >= 0.6 is 11.8 Å². The monoisotopic (exact) mass is 269 g/mol. The van der Waals surface area contributed by atoms with Crippen LogP contribution in [0.3, 0.4) is 0 Å². The molecule has 2 rings (SSSR count). The molecule has 0 radical (unpaired) electrons. The van der Waals surface area contributed by atoms with E-state index in [0.29, 0.717) is 18.0 Å². The Morgan fingerprint density at radius 3 is 3.00 bits per heavy atom. The number of carbonyl (C=O) groups excluding carboxylic acids is 1. The molecule has 6 nitrogen and oxygen atoms in total. The van der Waals surface area contributed by atoms with Crippen LogP contribution in [-0.4, -0.2) is 55.5 Å². The predicted molar refractivity (Wildman–Crippen MR) is 67.6 cm³/mol. The van der Waals surface area contributed by atoms with Gasteiger partial charge in [-0.3, -0.25) is 9.59 Å². The van der Waals surface area contributed by atoms with E-state index in [1.807, 2.05) is 0 Å². The largest absolute Gasteiger partial charge is 0.481 e.